The lowest BCUT2D eigenvalue weighted by atomic mass is 9.98. The van der Waals surface area contributed by atoms with Crippen molar-refractivity contribution < 1.29 is 0 Å². The lowest BCUT2D eigenvalue weighted by Crippen LogP contribution is -2.13. The second-order valence-electron chi connectivity index (χ2n) is 4.24. The molecule has 0 amide bonds. The van der Waals surface area contributed by atoms with Crippen molar-refractivity contribution in [2.75, 3.05) is 11.6 Å². The van der Waals surface area contributed by atoms with E-state index in [-0.39, 0.29) is 5.92 Å². The lowest BCUT2D eigenvalue weighted by molar-refractivity contribution is 0.767. The maximum atomic E-state index is 6.07. The van der Waals surface area contributed by atoms with Gasteiger partial charge in [0.05, 0.1) is 16.6 Å². The summed E-state index contributed by atoms with van der Waals surface area (Å²) in [6.07, 6.45) is 0. The summed E-state index contributed by atoms with van der Waals surface area (Å²) < 4.78 is 0. The largest absolute Gasteiger partial charge is 0.397 e. The van der Waals surface area contributed by atoms with Gasteiger partial charge in [0.25, 0.3) is 0 Å². The van der Waals surface area contributed by atoms with E-state index in [0.717, 1.165) is 5.56 Å². The van der Waals surface area contributed by atoms with Crippen LogP contribution in [-0.4, -0.2) is 20.8 Å². The molecule has 0 bridgehead atoms. The number of alkyl halides is 1. The smallest absolute Gasteiger partial charge is 0.141 e. The highest BCUT2D eigenvalue weighted by atomic mass is 35.5. The fraction of sp³-hybridized carbons (Fsp3) is 0.308. The van der Waals surface area contributed by atoms with Crippen LogP contribution in [0.1, 0.15) is 29.0 Å². The summed E-state index contributed by atoms with van der Waals surface area (Å²) in [5.74, 6) is 2.08. The Morgan fingerprint density at radius 2 is 1.79 bits per heavy atom. The summed E-state index contributed by atoms with van der Waals surface area (Å²) in [6.45, 7) is 3.65. The number of hydrogen-bond acceptors (Lipinski definition) is 4. The summed E-state index contributed by atoms with van der Waals surface area (Å²) in [4.78, 5) is 12.9. The lowest BCUT2D eigenvalue weighted by Gasteiger charge is -2.16. The van der Waals surface area contributed by atoms with Crippen LogP contribution in [0.2, 0.25) is 5.02 Å². The molecule has 2 aromatic rings. The standard InChI is InChI=1S/C13H14Cl2N4/c1-7-17-8(2)19-13(18-7)10(6-14)9-4-3-5-11(15)12(9)16/h3-5,10H,6,16H2,1-2H3. The Bertz CT molecular complexity index is 581. The molecular weight excluding hydrogens is 283 g/mol. The van der Waals surface area contributed by atoms with Gasteiger partial charge in [-0.2, -0.15) is 0 Å². The number of benzene rings is 1. The maximum Gasteiger partial charge on any atom is 0.141 e. The molecule has 0 spiro atoms. The molecule has 1 unspecified atom stereocenters. The summed E-state index contributed by atoms with van der Waals surface area (Å²) in [7, 11) is 0. The number of halogens is 2. The molecule has 0 aliphatic heterocycles. The molecule has 0 saturated heterocycles. The van der Waals surface area contributed by atoms with E-state index in [1.54, 1.807) is 6.07 Å². The van der Waals surface area contributed by atoms with Gasteiger partial charge in [-0.15, -0.1) is 11.6 Å². The number of nitrogens with two attached hydrogens (primary N) is 1. The van der Waals surface area contributed by atoms with Crippen LogP contribution in [0, 0.1) is 13.8 Å². The molecular formula is C13H14Cl2N4. The Labute approximate surface area is 122 Å². The minimum atomic E-state index is -0.194. The zero-order valence-corrected chi connectivity index (χ0v) is 12.2. The molecule has 19 heavy (non-hydrogen) atoms. The van der Waals surface area contributed by atoms with Crippen LogP contribution in [0.15, 0.2) is 18.2 Å². The van der Waals surface area contributed by atoms with E-state index < -0.39 is 0 Å². The van der Waals surface area contributed by atoms with E-state index in [1.165, 1.54) is 0 Å². The molecule has 1 atom stereocenters. The van der Waals surface area contributed by atoms with Gasteiger partial charge >= 0.3 is 0 Å². The molecule has 100 valence electrons. The number of para-hydroxylation sites is 1. The topological polar surface area (TPSA) is 64.7 Å². The van der Waals surface area contributed by atoms with Gasteiger partial charge in [-0.25, -0.2) is 15.0 Å². The number of hydrogen-bond donors (Lipinski definition) is 1. The maximum absolute atomic E-state index is 6.07. The molecule has 1 aromatic carbocycles. The average molecular weight is 297 g/mol. The summed E-state index contributed by atoms with van der Waals surface area (Å²) in [5.41, 5.74) is 7.37. The van der Waals surface area contributed by atoms with Crippen molar-refractivity contribution in [2.24, 2.45) is 0 Å². The van der Waals surface area contributed by atoms with Crippen LogP contribution in [0.3, 0.4) is 0 Å². The summed E-state index contributed by atoms with van der Waals surface area (Å²) in [6, 6.07) is 5.48. The van der Waals surface area contributed by atoms with Gasteiger partial charge < -0.3 is 5.73 Å². The molecule has 1 heterocycles. The van der Waals surface area contributed by atoms with E-state index >= 15 is 0 Å². The first-order valence-corrected chi connectivity index (χ1v) is 6.73. The minimum Gasteiger partial charge on any atom is -0.397 e. The molecule has 2 N–H and O–H groups in total. The molecule has 0 saturated carbocycles. The predicted octanol–water partition coefficient (Wildman–Crippen LogP) is 3.09. The molecule has 2 rings (SSSR count). The van der Waals surface area contributed by atoms with Gasteiger partial charge in [0, 0.05) is 5.88 Å². The van der Waals surface area contributed by atoms with E-state index in [4.69, 9.17) is 28.9 Å². The van der Waals surface area contributed by atoms with Crippen LogP contribution in [0.5, 0.6) is 0 Å². The summed E-state index contributed by atoms with van der Waals surface area (Å²) in [5, 5.41) is 0.509. The van der Waals surface area contributed by atoms with Crippen LogP contribution in [0.4, 0.5) is 5.69 Å². The van der Waals surface area contributed by atoms with E-state index in [0.29, 0.717) is 34.1 Å². The number of rotatable bonds is 3. The van der Waals surface area contributed by atoms with Crippen molar-refractivity contribution in [3.8, 4) is 0 Å². The predicted molar refractivity (Wildman–Crippen MR) is 77.7 cm³/mol. The number of nitrogens with zero attached hydrogens (tertiary/aromatic N) is 3. The average Bonchev–Trinajstić information content (AvgIpc) is 2.34. The SMILES string of the molecule is Cc1nc(C)nc(C(CCl)c2cccc(Cl)c2N)n1. The molecule has 0 aliphatic rings. The quantitative estimate of drug-likeness (QED) is 0.698. The highest BCUT2D eigenvalue weighted by molar-refractivity contribution is 6.33. The molecule has 0 aliphatic carbocycles. The first-order valence-electron chi connectivity index (χ1n) is 5.82. The van der Waals surface area contributed by atoms with Gasteiger partial charge in [0.1, 0.15) is 17.5 Å². The fourth-order valence-electron chi connectivity index (χ4n) is 1.95. The second kappa shape index (κ2) is 5.72. The third-order valence-corrected chi connectivity index (χ3v) is 3.44. The second-order valence-corrected chi connectivity index (χ2v) is 4.95. The first-order chi connectivity index (χ1) is 9.02. The summed E-state index contributed by atoms with van der Waals surface area (Å²) >= 11 is 12.1. The van der Waals surface area contributed by atoms with Crippen molar-refractivity contribution in [1.82, 2.24) is 15.0 Å². The fourth-order valence-corrected chi connectivity index (χ4v) is 2.43. The van der Waals surface area contributed by atoms with Gasteiger partial charge in [0.2, 0.25) is 0 Å². The van der Waals surface area contributed by atoms with Gasteiger partial charge in [-0.1, -0.05) is 23.7 Å². The van der Waals surface area contributed by atoms with E-state index in [1.807, 2.05) is 26.0 Å². The van der Waals surface area contributed by atoms with Crippen molar-refractivity contribution in [3.63, 3.8) is 0 Å². The highest BCUT2D eigenvalue weighted by Gasteiger charge is 2.20. The van der Waals surface area contributed by atoms with Gasteiger partial charge in [-0.05, 0) is 25.5 Å². The van der Waals surface area contributed by atoms with Gasteiger partial charge in [0.15, 0.2) is 0 Å². The van der Waals surface area contributed by atoms with Crippen molar-refractivity contribution in [1.29, 1.82) is 0 Å². The van der Waals surface area contributed by atoms with Crippen LogP contribution in [-0.2, 0) is 0 Å². The van der Waals surface area contributed by atoms with Crippen molar-refractivity contribution in [3.05, 3.63) is 46.3 Å². The number of nitrogen functional groups attached to an aromatic ring is 1. The molecule has 4 nitrogen and oxygen atoms in total. The van der Waals surface area contributed by atoms with Crippen molar-refractivity contribution in [2.45, 2.75) is 19.8 Å². The normalized spacial score (nSPS) is 12.4. The number of anilines is 1. The zero-order valence-electron chi connectivity index (χ0n) is 10.7. The molecule has 1 aromatic heterocycles. The number of aryl methyl sites for hydroxylation is 2. The molecule has 0 radical (unpaired) electrons. The monoisotopic (exact) mass is 296 g/mol. The Hall–Kier alpha value is -1.39. The zero-order chi connectivity index (χ0) is 14.0. The van der Waals surface area contributed by atoms with Crippen LogP contribution >= 0.6 is 23.2 Å². The Morgan fingerprint density at radius 1 is 1.16 bits per heavy atom. The van der Waals surface area contributed by atoms with E-state index in [2.05, 4.69) is 15.0 Å². The minimum absolute atomic E-state index is 0.194. The Kier molecular flexibility index (Phi) is 4.22. The Morgan fingerprint density at radius 3 is 2.37 bits per heavy atom. The van der Waals surface area contributed by atoms with Crippen LogP contribution < -0.4 is 5.73 Å². The van der Waals surface area contributed by atoms with Crippen LogP contribution in [0.25, 0.3) is 0 Å². The first kappa shape index (κ1) is 14.0. The number of aromatic nitrogens is 3. The Balaban J connectivity index is 2.53. The third-order valence-electron chi connectivity index (χ3n) is 2.80. The van der Waals surface area contributed by atoms with Gasteiger partial charge in [-0.3, -0.25) is 0 Å². The van der Waals surface area contributed by atoms with E-state index in [9.17, 15) is 0 Å². The molecule has 6 heteroatoms. The highest BCUT2D eigenvalue weighted by Crippen LogP contribution is 2.32. The third kappa shape index (κ3) is 2.96. The van der Waals surface area contributed by atoms with Crippen molar-refractivity contribution >= 4 is 28.9 Å². The molecule has 0 fully saturated rings.